The Balaban J connectivity index is 2.86. The van der Waals surface area contributed by atoms with Gasteiger partial charge in [0.1, 0.15) is 5.58 Å². The summed E-state index contributed by atoms with van der Waals surface area (Å²) in [6, 6.07) is 7.92. The summed E-state index contributed by atoms with van der Waals surface area (Å²) in [6.45, 7) is 3.69. The minimum atomic E-state index is 0.919. The number of benzene rings is 1. The highest BCUT2D eigenvalue weighted by atomic mass is 16.3. The van der Waals surface area contributed by atoms with Crippen LogP contribution >= 0.6 is 0 Å². The molecule has 0 saturated carbocycles. The van der Waals surface area contributed by atoms with E-state index >= 15 is 0 Å². The van der Waals surface area contributed by atoms with E-state index in [4.69, 9.17) is 4.42 Å². The van der Waals surface area contributed by atoms with Crippen molar-refractivity contribution >= 4 is 17.0 Å². The van der Waals surface area contributed by atoms with Gasteiger partial charge in [0.15, 0.2) is 0 Å². The number of hydrogen-bond donors (Lipinski definition) is 0. The summed E-state index contributed by atoms with van der Waals surface area (Å²) >= 11 is 0. The van der Waals surface area contributed by atoms with Crippen LogP contribution in [0.1, 0.15) is 5.56 Å². The minimum Gasteiger partial charge on any atom is -0.464 e. The number of fused-ring (bicyclic) bond motifs is 1. The molecule has 0 spiro atoms. The second-order valence-electron chi connectivity index (χ2n) is 2.39. The molecule has 1 aromatic carbocycles. The Morgan fingerprint density at radius 2 is 2.09 bits per heavy atom. The topological polar surface area (TPSA) is 13.1 Å². The van der Waals surface area contributed by atoms with Gasteiger partial charge in [-0.2, -0.15) is 0 Å². The van der Waals surface area contributed by atoms with Crippen molar-refractivity contribution in [1.82, 2.24) is 0 Å². The lowest BCUT2D eigenvalue weighted by Gasteiger charge is -1.85. The summed E-state index contributed by atoms with van der Waals surface area (Å²) in [5.41, 5.74) is 1.98. The quantitative estimate of drug-likeness (QED) is 0.599. The molecule has 0 aliphatic heterocycles. The molecule has 0 atom stereocenters. The molecular weight excluding hydrogens is 136 g/mol. The van der Waals surface area contributed by atoms with E-state index in [1.807, 2.05) is 24.3 Å². The lowest BCUT2D eigenvalue weighted by Crippen LogP contribution is -1.64. The molecule has 2 aromatic rings. The minimum absolute atomic E-state index is 0.919. The van der Waals surface area contributed by atoms with E-state index < -0.39 is 0 Å². The molecule has 1 heterocycles. The molecule has 0 radical (unpaired) electrons. The van der Waals surface area contributed by atoms with Crippen molar-refractivity contribution in [2.75, 3.05) is 0 Å². The maximum Gasteiger partial charge on any atom is 0.134 e. The average molecular weight is 144 g/mol. The van der Waals surface area contributed by atoms with Gasteiger partial charge in [-0.25, -0.2) is 0 Å². The predicted octanol–water partition coefficient (Wildman–Crippen LogP) is 3.08. The molecule has 0 amide bonds. The van der Waals surface area contributed by atoms with E-state index in [0.29, 0.717) is 0 Å². The van der Waals surface area contributed by atoms with Gasteiger partial charge in [-0.1, -0.05) is 30.9 Å². The predicted molar refractivity (Wildman–Crippen MR) is 46.3 cm³/mol. The van der Waals surface area contributed by atoms with E-state index in [1.165, 1.54) is 0 Å². The summed E-state index contributed by atoms with van der Waals surface area (Å²) in [6.07, 6.45) is 3.52. The van der Waals surface area contributed by atoms with Crippen molar-refractivity contribution in [2.24, 2.45) is 0 Å². The van der Waals surface area contributed by atoms with Crippen LogP contribution in [0.25, 0.3) is 17.0 Å². The SMILES string of the molecule is C=Cc1coc2ccccc12. The summed E-state index contributed by atoms with van der Waals surface area (Å²) in [4.78, 5) is 0. The van der Waals surface area contributed by atoms with Crippen molar-refractivity contribution in [1.29, 1.82) is 0 Å². The lowest BCUT2D eigenvalue weighted by atomic mass is 10.2. The molecule has 54 valence electrons. The van der Waals surface area contributed by atoms with Gasteiger partial charge in [0.2, 0.25) is 0 Å². The fourth-order valence-corrected chi connectivity index (χ4v) is 1.16. The molecule has 0 unspecified atom stereocenters. The van der Waals surface area contributed by atoms with E-state index in [1.54, 1.807) is 12.3 Å². The van der Waals surface area contributed by atoms with Crippen LogP contribution in [0.15, 0.2) is 41.5 Å². The highest BCUT2D eigenvalue weighted by Gasteiger charge is 1.98. The standard InChI is InChI=1S/C10H8O/c1-2-8-7-11-10-6-4-3-5-9(8)10/h2-7H,1H2. The number of rotatable bonds is 1. The molecule has 11 heavy (non-hydrogen) atoms. The molecular formula is C10H8O. The second-order valence-corrected chi connectivity index (χ2v) is 2.39. The van der Waals surface area contributed by atoms with E-state index in [0.717, 1.165) is 16.5 Å². The van der Waals surface area contributed by atoms with E-state index in [9.17, 15) is 0 Å². The van der Waals surface area contributed by atoms with Gasteiger partial charge in [0.05, 0.1) is 6.26 Å². The lowest BCUT2D eigenvalue weighted by molar-refractivity contribution is 0.615. The van der Waals surface area contributed by atoms with Crippen LogP contribution in [0.4, 0.5) is 0 Å². The van der Waals surface area contributed by atoms with Crippen molar-refractivity contribution < 1.29 is 4.42 Å². The zero-order valence-corrected chi connectivity index (χ0v) is 6.08. The first-order valence-corrected chi connectivity index (χ1v) is 3.50. The van der Waals surface area contributed by atoms with E-state index in [-0.39, 0.29) is 0 Å². The first-order chi connectivity index (χ1) is 5.42. The van der Waals surface area contributed by atoms with Crippen LogP contribution in [-0.4, -0.2) is 0 Å². The largest absolute Gasteiger partial charge is 0.464 e. The maximum absolute atomic E-state index is 5.27. The van der Waals surface area contributed by atoms with Crippen LogP contribution in [0.5, 0.6) is 0 Å². The van der Waals surface area contributed by atoms with Crippen LogP contribution in [0.3, 0.4) is 0 Å². The zero-order chi connectivity index (χ0) is 7.68. The zero-order valence-electron chi connectivity index (χ0n) is 6.08. The van der Waals surface area contributed by atoms with Crippen LogP contribution in [0.2, 0.25) is 0 Å². The normalized spacial score (nSPS) is 10.2. The average Bonchev–Trinajstić information content (AvgIpc) is 2.47. The molecule has 1 heteroatoms. The third-order valence-electron chi connectivity index (χ3n) is 1.73. The Hall–Kier alpha value is -1.50. The molecule has 2 rings (SSSR count). The van der Waals surface area contributed by atoms with Gasteiger partial charge in [0.25, 0.3) is 0 Å². The monoisotopic (exact) mass is 144 g/mol. The third kappa shape index (κ3) is 0.855. The van der Waals surface area contributed by atoms with Gasteiger partial charge in [0, 0.05) is 10.9 Å². The fraction of sp³-hybridized carbons (Fsp3) is 0. The summed E-state index contributed by atoms with van der Waals surface area (Å²) in [5.74, 6) is 0. The van der Waals surface area contributed by atoms with Gasteiger partial charge in [-0.15, -0.1) is 0 Å². The summed E-state index contributed by atoms with van der Waals surface area (Å²) in [7, 11) is 0. The number of para-hydroxylation sites is 1. The highest BCUT2D eigenvalue weighted by molar-refractivity contribution is 5.86. The fourth-order valence-electron chi connectivity index (χ4n) is 1.16. The van der Waals surface area contributed by atoms with Gasteiger partial charge >= 0.3 is 0 Å². The van der Waals surface area contributed by atoms with Gasteiger partial charge in [-0.05, 0) is 6.07 Å². The van der Waals surface area contributed by atoms with Crippen LogP contribution < -0.4 is 0 Å². The molecule has 0 fully saturated rings. The molecule has 0 saturated heterocycles. The van der Waals surface area contributed by atoms with Crippen LogP contribution in [-0.2, 0) is 0 Å². The number of hydrogen-bond acceptors (Lipinski definition) is 1. The molecule has 1 aromatic heterocycles. The molecule has 0 aliphatic rings. The molecule has 0 N–H and O–H groups in total. The number of furan rings is 1. The van der Waals surface area contributed by atoms with E-state index in [2.05, 4.69) is 6.58 Å². The smallest absolute Gasteiger partial charge is 0.134 e. The van der Waals surface area contributed by atoms with Crippen molar-refractivity contribution in [3.63, 3.8) is 0 Å². The Morgan fingerprint density at radius 1 is 1.27 bits per heavy atom. The maximum atomic E-state index is 5.27. The first-order valence-electron chi connectivity index (χ1n) is 3.50. The van der Waals surface area contributed by atoms with Crippen LogP contribution in [0, 0.1) is 0 Å². The second kappa shape index (κ2) is 2.27. The molecule has 0 bridgehead atoms. The highest BCUT2D eigenvalue weighted by Crippen LogP contribution is 2.20. The third-order valence-corrected chi connectivity index (χ3v) is 1.73. The van der Waals surface area contributed by atoms with Crippen molar-refractivity contribution in [3.05, 3.63) is 42.7 Å². The first kappa shape index (κ1) is 6.23. The van der Waals surface area contributed by atoms with Gasteiger partial charge in [-0.3, -0.25) is 0 Å². The Morgan fingerprint density at radius 3 is 2.91 bits per heavy atom. The van der Waals surface area contributed by atoms with Crippen molar-refractivity contribution in [3.8, 4) is 0 Å². The Kier molecular flexibility index (Phi) is 1.29. The van der Waals surface area contributed by atoms with Gasteiger partial charge < -0.3 is 4.42 Å². The van der Waals surface area contributed by atoms with Crippen molar-refractivity contribution in [2.45, 2.75) is 0 Å². The Labute approximate surface area is 64.9 Å². The molecule has 0 aliphatic carbocycles. The summed E-state index contributed by atoms with van der Waals surface area (Å²) < 4.78 is 5.27. The molecule has 1 nitrogen and oxygen atoms in total. The Bertz CT molecular complexity index is 384. The summed E-state index contributed by atoms with van der Waals surface area (Å²) in [5, 5.41) is 1.13.